The average Bonchev–Trinajstić information content (AvgIpc) is 3.80. The number of carbonyl (C=O) groups is 1. The number of aliphatic hydroxyl groups is 5. The van der Waals surface area contributed by atoms with Crippen LogP contribution >= 0.6 is 11.3 Å². The van der Waals surface area contributed by atoms with Gasteiger partial charge in [0.05, 0.1) is 21.8 Å². The lowest BCUT2D eigenvalue weighted by Gasteiger charge is -2.41. The van der Waals surface area contributed by atoms with Gasteiger partial charge in [-0.25, -0.2) is 4.98 Å². The Kier molecular flexibility index (Phi) is 9.80. The number of hydrogen-bond acceptors (Lipinski definition) is 14. The molecule has 10 atom stereocenters. The number of ether oxygens (including phenoxy) is 5. The summed E-state index contributed by atoms with van der Waals surface area (Å²) in [5.41, 5.74) is 3.86. The van der Waals surface area contributed by atoms with E-state index in [1.54, 1.807) is 24.6 Å². The summed E-state index contributed by atoms with van der Waals surface area (Å²) < 4.78 is 28.8. The number of aliphatic hydroxyl groups excluding tert-OH is 5. The highest BCUT2D eigenvalue weighted by molar-refractivity contribution is 7.16. The van der Waals surface area contributed by atoms with Crippen LogP contribution in [0.2, 0.25) is 0 Å². The molecule has 1 amide bonds. The first-order valence-corrected chi connectivity index (χ1v) is 15.8. The number of nitrogens with zero attached hydrogens (tertiary/aromatic N) is 1. The van der Waals surface area contributed by atoms with Crippen molar-refractivity contribution in [2.24, 2.45) is 0 Å². The Balaban J connectivity index is 1.05. The highest BCUT2D eigenvalue weighted by atomic mass is 32.1. The van der Waals surface area contributed by atoms with Crippen molar-refractivity contribution in [3.63, 3.8) is 0 Å². The summed E-state index contributed by atoms with van der Waals surface area (Å²) in [5, 5.41) is 65.9. The number of nitrogens with one attached hydrogen (secondary N) is 1. The first-order chi connectivity index (χ1) is 22.5. The summed E-state index contributed by atoms with van der Waals surface area (Å²) in [6, 6.07) is 8.67. The van der Waals surface area contributed by atoms with Crippen molar-refractivity contribution < 1.29 is 59.1 Å². The van der Waals surface area contributed by atoms with Gasteiger partial charge in [-0.2, -0.15) is 0 Å². The standard InChI is InChI=1S/C32H36N2O12S/c1-14(7-8-42-17-4-5-18-21(11-17)47-12-33-18)28-26(39)27(40)32(46-28)45-20-6-3-16(10-19(20)35)9-15(2)31(41)34-22-23(36)25(38)30-29(24(22)37)43-13-44-30/h3-7,9-12,22-30,32,35-40H,8,13H2,1-2H3,(H,34,41)/b14-7+,15-9+/t22-,23+,24-,25-,26+,27+,28-,29+,30-,32-/m1/s1. The van der Waals surface area contributed by atoms with Crippen LogP contribution in [0.3, 0.4) is 0 Å². The second-order valence-electron chi connectivity index (χ2n) is 11.7. The largest absolute Gasteiger partial charge is 0.504 e. The second-order valence-corrected chi connectivity index (χ2v) is 12.6. The van der Waals surface area contributed by atoms with Crippen molar-refractivity contribution in [3.8, 4) is 17.2 Å². The van der Waals surface area contributed by atoms with Gasteiger partial charge in [0.2, 0.25) is 12.2 Å². The zero-order chi connectivity index (χ0) is 33.4. The van der Waals surface area contributed by atoms with Crippen LogP contribution in [-0.4, -0.2) is 116 Å². The molecule has 0 radical (unpaired) electrons. The van der Waals surface area contributed by atoms with Crippen LogP contribution in [0.15, 0.2) is 59.1 Å². The number of fused-ring (bicyclic) bond motifs is 2. The van der Waals surface area contributed by atoms with E-state index in [0.29, 0.717) is 16.9 Å². The fraction of sp³-hybridized carbons (Fsp3) is 0.438. The Morgan fingerprint density at radius 1 is 1.00 bits per heavy atom. The maximum absolute atomic E-state index is 12.9. The first-order valence-electron chi connectivity index (χ1n) is 14.9. The lowest BCUT2D eigenvalue weighted by Crippen LogP contribution is -2.67. The zero-order valence-electron chi connectivity index (χ0n) is 25.4. The van der Waals surface area contributed by atoms with E-state index in [1.807, 2.05) is 18.2 Å². The molecule has 2 saturated heterocycles. The molecular formula is C32H36N2O12S. The molecule has 0 spiro atoms. The van der Waals surface area contributed by atoms with Crippen molar-refractivity contribution in [1.82, 2.24) is 10.3 Å². The van der Waals surface area contributed by atoms with Gasteiger partial charge in [0.15, 0.2) is 11.5 Å². The number of hydrogen-bond donors (Lipinski definition) is 7. The monoisotopic (exact) mass is 672 g/mol. The highest BCUT2D eigenvalue weighted by Gasteiger charge is 2.53. The Morgan fingerprint density at radius 3 is 2.53 bits per heavy atom. The predicted molar refractivity (Wildman–Crippen MR) is 166 cm³/mol. The van der Waals surface area contributed by atoms with Gasteiger partial charge in [0, 0.05) is 5.57 Å². The van der Waals surface area contributed by atoms with Gasteiger partial charge >= 0.3 is 0 Å². The molecule has 0 bridgehead atoms. The lowest BCUT2D eigenvalue weighted by molar-refractivity contribution is -0.155. The number of phenolic OH excluding ortho intramolecular Hbond substituents is 1. The third kappa shape index (κ3) is 6.85. The molecular weight excluding hydrogens is 636 g/mol. The molecule has 2 aliphatic heterocycles. The Labute approximate surface area is 273 Å². The van der Waals surface area contributed by atoms with E-state index in [1.165, 1.54) is 36.5 Å². The molecule has 1 saturated carbocycles. The summed E-state index contributed by atoms with van der Waals surface area (Å²) >= 11 is 1.51. The van der Waals surface area contributed by atoms with Gasteiger partial charge in [-0.05, 0) is 67.5 Å². The zero-order valence-corrected chi connectivity index (χ0v) is 26.2. The third-order valence-electron chi connectivity index (χ3n) is 8.50. The number of rotatable bonds is 9. The van der Waals surface area contributed by atoms with E-state index >= 15 is 0 Å². The maximum atomic E-state index is 12.9. The molecule has 47 heavy (non-hydrogen) atoms. The van der Waals surface area contributed by atoms with Gasteiger partial charge in [-0.3, -0.25) is 4.79 Å². The minimum atomic E-state index is -1.49. The number of aromatic hydroxyl groups is 1. The van der Waals surface area contributed by atoms with Gasteiger partial charge in [-0.1, -0.05) is 6.07 Å². The number of carbonyl (C=O) groups excluding carboxylic acids is 1. The van der Waals surface area contributed by atoms with Crippen LogP contribution in [0.4, 0.5) is 0 Å². The summed E-state index contributed by atoms with van der Waals surface area (Å²) in [4.78, 5) is 17.1. The van der Waals surface area contributed by atoms with Crippen LogP contribution in [0.1, 0.15) is 19.4 Å². The van der Waals surface area contributed by atoms with Crippen LogP contribution in [0, 0.1) is 0 Å². The van der Waals surface area contributed by atoms with Crippen LogP contribution in [-0.2, 0) is 19.0 Å². The number of phenols is 1. The Bertz CT molecular complexity index is 1660. The lowest BCUT2D eigenvalue weighted by atomic mass is 9.83. The SMILES string of the molecule is C/C(=C\c1ccc(O[C@@H]2O[C@H](/C(C)=C/COc3ccc4ncsc4c3)[C@@H](O)[C@@H]2O)c(O)c1)C(=O)N[C@@H]1[C@H](O)[C@@H](O)[C@H]2OCO[C@H]2[C@@H]1O. The first kappa shape index (κ1) is 33.3. The molecule has 1 aliphatic carbocycles. The summed E-state index contributed by atoms with van der Waals surface area (Å²) in [7, 11) is 0. The molecule has 2 aromatic carbocycles. The van der Waals surface area contributed by atoms with Crippen LogP contribution in [0.25, 0.3) is 16.3 Å². The summed E-state index contributed by atoms with van der Waals surface area (Å²) in [6.07, 6.45) is -7.67. The van der Waals surface area contributed by atoms with Crippen molar-refractivity contribution >= 4 is 33.5 Å². The highest BCUT2D eigenvalue weighted by Crippen LogP contribution is 2.34. The van der Waals surface area contributed by atoms with E-state index in [9.17, 15) is 35.4 Å². The van der Waals surface area contributed by atoms with Gasteiger partial charge < -0.3 is 59.6 Å². The normalized spacial score (nSPS) is 32.7. The Morgan fingerprint density at radius 2 is 1.77 bits per heavy atom. The minimum Gasteiger partial charge on any atom is -0.504 e. The minimum absolute atomic E-state index is 0.0274. The smallest absolute Gasteiger partial charge is 0.247 e. The molecule has 1 aromatic heterocycles. The van der Waals surface area contributed by atoms with E-state index in [0.717, 1.165) is 10.2 Å². The quantitative estimate of drug-likeness (QED) is 0.123. The van der Waals surface area contributed by atoms with Crippen LogP contribution < -0.4 is 14.8 Å². The van der Waals surface area contributed by atoms with Crippen molar-refractivity contribution in [1.29, 1.82) is 0 Å². The summed E-state index contributed by atoms with van der Waals surface area (Å²) in [6.45, 7) is 3.29. The molecule has 14 nitrogen and oxygen atoms in total. The second kappa shape index (κ2) is 13.8. The predicted octanol–water partition coefficient (Wildman–Crippen LogP) is 0.579. The van der Waals surface area contributed by atoms with E-state index in [-0.39, 0.29) is 30.5 Å². The number of aromatic nitrogens is 1. The van der Waals surface area contributed by atoms with Crippen LogP contribution in [0.5, 0.6) is 17.2 Å². The Hall–Kier alpha value is -3.64. The van der Waals surface area contributed by atoms with Gasteiger partial charge in [0.25, 0.3) is 0 Å². The van der Waals surface area contributed by atoms with E-state index in [2.05, 4.69) is 10.3 Å². The van der Waals surface area contributed by atoms with Crippen molar-refractivity contribution in [3.05, 3.63) is 64.7 Å². The molecule has 3 aliphatic rings. The third-order valence-corrected chi connectivity index (χ3v) is 9.29. The molecule has 0 unspecified atom stereocenters. The maximum Gasteiger partial charge on any atom is 0.247 e. The molecule has 6 rings (SSSR count). The summed E-state index contributed by atoms with van der Waals surface area (Å²) in [5.74, 6) is -0.307. The van der Waals surface area contributed by atoms with Gasteiger partial charge in [-0.15, -0.1) is 11.3 Å². The van der Waals surface area contributed by atoms with Gasteiger partial charge in [0.1, 0.15) is 68.0 Å². The van der Waals surface area contributed by atoms with E-state index in [4.69, 9.17) is 23.7 Å². The molecule has 7 N–H and O–H groups in total. The fourth-order valence-corrected chi connectivity index (χ4v) is 6.52. The van der Waals surface area contributed by atoms with E-state index < -0.39 is 67.1 Å². The number of thiazole rings is 1. The fourth-order valence-electron chi connectivity index (χ4n) is 5.82. The number of benzene rings is 2. The van der Waals surface area contributed by atoms with Crippen molar-refractivity contribution in [2.45, 2.75) is 75.0 Å². The molecule has 15 heteroatoms. The molecule has 3 heterocycles. The molecule has 252 valence electrons. The average molecular weight is 673 g/mol. The number of amides is 1. The topological polar surface area (TPSA) is 210 Å². The van der Waals surface area contributed by atoms with Crippen molar-refractivity contribution in [2.75, 3.05) is 13.4 Å². The molecule has 3 aromatic rings. The molecule has 3 fully saturated rings.